The lowest BCUT2D eigenvalue weighted by molar-refractivity contribution is -0.159. The predicted octanol–water partition coefficient (Wildman–Crippen LogP) is 1.91. The number of rotatable bonds is 5. The van der Waals surface area contributed by atoms with Crippen molar-refractivity contribution in [3.63, 3.8) is 0 Å². The molecule has 3 heterocycles. The number of hydrogen-bond donors (Lipinski definition) is 2. The molecular formula is C25H40N4O4. The number of likely N-dealkylation sites (tertiary alicyclic amines) is 2. The van der Waals surface area contributed by atoms with E-state index in [4.69, 9.17) is 19.8 Å². The monoisotopic (exact) mass is 460 g/mol. The third-order valence-electron chi connectivity index (χ3n) is 7.38. The van der Waals surface area contributed by atoms with Gasteiger partial charge in [0, 0.05) is 44.8 Å². The summed E-state index contributed by atoms with van der Waals surface area (Å²) >= 11 is 0. The highest BCUT2D eigenvalue weighted by molar-refractivity contribution is 6.27. The first-order chi connectivity index (χ1) is 16.0. The lowest BCUT2D eigenvalue weighted by Crippen LogP contribution is -2.55. The fourth-order valence-corrected chi connectivity index (χ4v) is 5.35. The van der Waals surface area contributed by atoms with E-state index < -0.39 is 11.9 Å². The molecule has 3 fully saturated rings. The summed E-state index contributed by atoms with van der Waals surface area (Å²) in [4.78, 5) is 29.0. The van der Waals surface area contributed by atoms with Crippen LogP contribution in [-0.4, -0.2) is 113 Å². The second-order valence-corrected chi connectivity index (χ2v) is 9.34. The number of benzene rings is 1. The second kappa shape index (κ2) is 13.0. The average molecular weight is 461 g/mol. The van der Waals surface area contributed by atoms with Crippen molar-refractivity contribution in [2.75, 3.05) is 58.9 Å². The number of carbonyl (C=O) groups is 2. The lowest BCUT2D eigenvalue weighted by atomic mass is 9.96. The molecule has 3 saturated heterocycles. The van der Waals surface area contributed by atoms with Crippen LogP contribution in [0.4, 0.5) is 0 Å². The van der Waals surface area contributed by atoms with Gasteiger partial charge in [-0.3, -0.25) is 9.80 Å². The van der Waals surface area contributed by atoms with Gasteiger partial charge >= 0.3 is 11.9 Å². The summed E-state index contributed by atoms with van der Waals surface area (Å²) in [7, 11) is 0. The Kier molecular flexibility index (Phi) is 10.1. The smallest absolute Gasteiger partial charge is 0.414 e. The maximum atomic E-state index is 9.10. The summed E-state index contributed by atoms with van der Waals surface area (Å²) in [5.41, 5.74) is 1.46. The van der Waals surface area contributed by atoms with Crippen LogP contribution in [0.3, 0.4) is 0 Å². The van der Waals surface area contributed by atoms with Gasteiger partial charge in [-0.05, 0) is 64.0 Å². The Balaban J connectivity index is 0.000000454. The topological polar surface area (TPSA) is 87.6 Å². The van der Waals surface area contributed by atoms with Crippen LogP contribution >= 0.6 is 0 Å². The van der Waals surface area contributed by atoms with E-state index in [2.05, 4.69) is 56.9 Å². The van der Waals surface area contributed by atoms with Crippen LogP contribution in [0.25, 0.3) is 0 Å². The molecule has 3 aliphatic rings. The van der Waals surface area contributed by atoms with E-state index in [1.807, 2.05) is 0 Å². The Bertz CT molecular complexity index is 711. The molecule has 0 amide bonds. The van der Waals surface area contributed by atoms with E-state index in [9.17, 15) is 0 Å². The van der Waals surface area contributed by atoms with Crippen molar-refractivity contribution >= 4 is 11.9 Å². The van der Waals surface area contributed by atoms with Crippen LogP contribution in [0.1, 0.15) is 38.2 Å². The summed E-state index contributed by atoms with van der Waals surface area (Å²) < 4.78 is 0. The maximum absolute atomic E-state index is 9.10. The van der Waals surface area contributed by atoms with E-state index >= 15 is 0 Å². The van der Waals surface area contributed by atoms with Crippen LogP contribution in [0.15, 0.2) is 30.3 Å². The standard InChI is InChI=1S/C23H38N4.C2H2O4/c1-2-24-16-18-27(19-17-24)23-10-14-26(15-11-23)22-8-12-25(13-9-22)20-21-6-4-3-5-7-21;3-1(4)2(5)6/h3-7,22-23H,2,8-20H2,1H3;(H,3,4)(H,5,6). The van der Waals surface area contributed by atoms with Crippen molar-refractivity contribution in [2.24, 2.45) is 0 Å². The molecule has 0 spiro atoms. The van der Waals surface area contributed by atoms with Crippen molar-refractivity contribution in [2.45, 2.75) is 51.2 Å². The number of piperidine rings is 2. The maximum Gasteiger partial charge on any atom is 0.414 e. The zero-order chi connectivity index (χ0) is 23.6. The largest absolute Gasteiger partial charge is 0.473 e. The highest BCUT2D eigenvalue weighted by Crippen LogP contribution is 2.24. The SMILES string of the molecule is CCN1CCN(C2CCN(C3CCN(Cc4ccccc4)CC3)CC2)CC1.O=C(O)C(=O)O. The van der Waals surface area contributed by atoms with Gasteiger partial charge in [0.2, 0.25) is 0 Å². The molecular weight excluding hydrogens is 420 g/mol. The minimum atomic E-state index is -1.82. The zero-order valence-electron chi connectivity index (χ0n) is 19.9. The number of carboxylic acids is 2. The third-order valence-corrected chi connectivity index (χ3v) is 7.38. The number of nitrogens with zero attached hydrogens (tertiary/aromatic N) is 4. The van der Waals surface area contributed by atoms with Gasteiger partial charge in [0.15, 0.2) is 0 Å². The van der Waals surface area contributed by atoms with E-state index in [1.165, 1.54) is 90.1 Å². The number of carboxylic acid groups (broad SMARTS) is 2. The van der Waals surface area contributed by atoms with Crippen molar-refractivity contribution in [1.82, 2.24) is 19.6 Å². The molecule has 4 rings (SSSR count). The molecule has 1 aromatic rings. The number of piperazine rings is 1. The van der Waals surface area contributed by atoms with Gasteiger partial charge in [0.25, 0.3) is 0 Å². The van der Waals surface area contributed by atoms with E-state index in [0.717, 1.165) is 18.6 Å². The Morgan fingerprint density at radius 1 is 0.727 bits per heavy atom. The first-order valence-electron chi connectivity index (χ1n) is 12.4. The molecule has 0 atom stereocenters. The highest BCUT2D eigenvalue weighted by atomic mass is 16.4. The number of aliphatic carboxylic acids is 2. The Morgan fingerprint density at radius 2 is 1.21 bits per heavy atom. The van der Waals surface area contributed by atoms with Gasteiger partial charge in [-0.1, -0.05) is 37.3 Å². The van der Waals surface area contributed by atoms with Crippen molar-refractivity contribution in [3.8, 4) is 0 Å². The highest BCUT2D eigenvalue weighted by Gasteiger charge is 2.31. The molecule has 0 radical (unpaired) electrons. The first-order valence-corrected chi connectivity index (χ1v) is 12.4. The molecule has 8 heteroatoms. The van der Waals surface area contributed by atoms with Crippen molar-refractivity contribution < 1.29 is 19.8 Å². The summed E-state index contributed by atoms with van der Waals surface area (Å²) in [5, 5.41) is 14.8. The molecule has 2 N–H and O–H groups in total. The van der Waals surface area contributed by atoms with Gasteiger partial charge in [-0.15, -0.1) is 0 Å². The molecule has 3 aliphatic heterocycles. The molecule has 8 nitrogen and oxygen atoms in total. The Labute approximate surface area is 197 Å². The molecule has 0 aromatic heterocycles. The van der Waals surface area contributed by atoms with Crippen LogP contribution in [0.2, 0.25) is 0 Å². The normalized spacial score (nSPS) is 22.5. The van der Waals surface area contributed by atoms with Crippen LogP contribution in [0, 0.1) is 0 Å². The summed E-state index contributed by atoms with van der Waals surface area (Å²) in [6.45, 7) is 14.9. The quantitative estimate of drug-likeness (QED) is 0.645. The molecule has 1 aromatic carbocycles. The van der Waals surface area contributed by atoms with E-state index in [1.54, 1.807) is 0 Å². The molecule has 0 unspecified atom stereocenters. The zero-order valence-corrected chi connectivity index (χ0v) is 19.9. The predicted molar refractivity (Wildman–Crippen MR) is 128 cm³/mol. The summed E-state index contributed by atoms with van der Waals surface area (Å²) in [6, 6.07) is 12.6. The van der Waals surface area contributed by atoms with Crippen LogP contribution < -0.4 is 0 Å². The Hall–Kier alpha value is -2.00. The van der Waals surface area contributed by atoms with Crippen LogP contribution in [-0.2, 0) is 16.1 Å². The molecule has 0 saturated carbocycles. The number of likely N-dealkylation sites (N-methyl/N-ethyl adjacent to an activating group) is 1. The van der Waals surface area contributed by atoms with Crippen LogP contribution in [0.5, 0.6) is 0 Å². The van der Waals surface area contributed by atoms with Gasteiger partial charge in [0.05, 0.1) is 0 Å². The van der Waals surface area contributed by atoms with Gasteiger partial charge < -0.3 is 20.0 Å². The average Bonchev–Trinajstić information content (AvgIpc) is 2.86. The van der Waals surface area contributed by atoms with Gasteiger partial charge in [-0.25, -0.2) is 9.59 Å². The Morgan fingerprint density at radius 3 is 1.70 bits per heavy atom. The van der Waals surface area contributed by atoms with Gasteiger partial charge in [-0.2, -0.15) is 0 Å². The molecule has 184 valence electrons. The fraction of sp³-hybridized carbons (Fsp3) is 0.680. The van der Waals surface area contributed by atoms with E-state index in [-0.39, 0.29) is 0 Å². The third kappa shape index (κ3) is 8.07. The molecule has 33 heavy (non-hydrogen) atoms. The van der Waals surface area contributed by atoms with Crippen molar-refractivity contribution in [3.05, 3.63) is 35.9 Å². The lowest BCUT2D eigenvalue weighted by Gasteiger charge is -2.45. The van der Waals surface area contributed by atoms with E-state index in [0.29, 0.717) is 0 Å². The molecule has 0 bridgehead atoms. The minimum Gasteiger partial charge on any atom is -0.473 e. The van der Waals surface area contributed by atoms with Crippen molar-refractivity contribution in [1.29, 1.82) is 0 Å². The summed E-state index contributed by atoms with van der Waals surface area (Å²) in [5.74, 6) is -3.65. The summed E-state index contributed by atoms with van der Waals surface area (Å²) in [6.07, 6.45) is 5.48. The first kappa shape index (κ1) is 25.6. The fourth-order valence-electron chi connectivity index (χ4n) is 5.35. The molecule has 0 aliphatic carbocycles. The minimum absolute atomic E-state index is 0.829. The second-order valence-electron chi connectivity index (χ2n) is 9.34. The van der Waals surface area contributed by atoms with Gasteiger partial charge in [0.1, 0.15) is 0 Å². The number of hydrogen-bond acceptors (Lipinski definition) is 6.